The number of nitrogens with zero attached hydrogens (tertiary/aromatic N) is 1. The number of hydrogen-bond acceptors (Lipinski definition) is 3. The highest BCUT2D eigenvalue weighted by atomic mass is 35.5. The Morgan fingerprint density at radius 1 is 1.12 bits per heavy atom. The summed E-state index contributed by atoms with van der Waals surface area (Å²) in [5, 5.41) is 3.37. The van der Waals surface area contributed by atoms with Crippen molar-refractivity contribution in [3.05, 3.63) is 59.1 Å². The minimum absolute atomic E-state index is 0.262. The molecule has 1 N–H and O–H groups in total. The molecule has 0 aromatic heterocycles. The van der Waals surface area contributed by atoms with E-state index in [9.17, 15) is 9.59 Å². The van der Waals surface area contributed by atoms with Crippen LogP contribution in [0.3, 0.4) is 0 Å². The number of imide groups is 1. The second-order valence-electron chi connectivity index (χ2n) is 5.64. The van der Waals surface area contributed by atoms with Crippen molar-refractivity contribution in [3.8, 4) is 5.75 Å². The van der Waals surface area contributed by atoms with Crippen LogP contribution >= 0.6 is 11.6 Å². The number of carbonyl (C=O) groups excluding carboxylic acids is 2. The van der Waals surface area contributed by atoms with Crippen molar-refractivity contribution in [2.24, 2.45) is 5.92 Å². The highest BCUT2D eigenvalue weighted by molar-refractivity contribution is 6.31. The molecule has 6 heteroatoms. The average Bonchev–Trinajstić information content (AvgIpc) is 2.58. The smallest absolute Gasteiger partial charge is 0.329 e. The third-order valence-corrected chi connectivity index (χ3v) is 4.37. The maximum atomic E-state index is 12.8. The number of anilines is 1. The molecule has 1 heterocycles. The predicted octanol–water partition coefficient (Wildman–Crippen LogP) is 3.78. The molecular formula is C18H17ClN2O3. The molecule has 3 rings (SSSR count). The second-order valence-corrected chi connectivity index (χ2v) is 6.08. The van der Waals surface area contributed by atoms with Gasteiger partial charge in [0.05, 0.1) is 24.8 Å². The Kier molecular flexibility index (Phi) is 4.44. The molecule has 0 saturated carbocycles. The predicted molar refractivity (Wildman–Crippen MR) is 92.4 cm³/mol. The normalized spacial score (nSPS) is 20.7. The van der Waals surface area contributed by atoms with Crippen LogP contribution in [-0.4, -0.2) is 19.0 Å². The van der Waals surface area contributed by atoms with E-state index in [1.165, 1.54) is 0 Å². The zero-order chi connectivity index (χ0) is 17.3. The maximum absolute atomic E-state index is 12.8. The van der Waals surface area contributed by atoms with Crippen LogP contribution < -0.4 is 15.0 Å². The number of urea groups is 1. The molecule has 5 nitrogen and oxygen atoms in total. The highest BCUT2D eigenvalue weighted by Gasteiger charge is 2.39. The molecule has 1 saturated heterocycles. The molecule has 24 heavy (non-hydrogen) atoms. The largest absolute Gasteiger partial charge is 0.497 e. The quantitative estimate of drug-likeness (QED) is 0.921. The third-order valence-electron chi connectivity index (χ3n) is 4.13. The van der Waals surface area contributed by atoms with Gasteiger partial charge in [-0.25, -0.2) is 9.69 Å². The Hall–Kier alpha value is -2.53. The van der Waals surface area contributed by atoms with Crippen LogP contribution in [0, 0.1) is 5.92 Å². The van der Waals surface area contributed by atoms with Gasteiger partial charge in [-0.3, -0.25) is 4.79 Å². The van der Waals surface area contributed by atoms with Crippen molar-refractivity contribution in [1.82, 2.24) is 5.32 Å². The Balaban J connectivity index is 1.89. The van der Waals surface area contributed by atoms with Gasteiger partial charge in [0.2, 0.25) is 5.91 Å². The van der Waals surface area contributed by atoms with Crippen LogP contribution in [-0.2, 0) is 4.79 Å². The Labute approximate surface area is 145 Å². The summed E-state index contributed by atoms with van der Waals surface area (Å²) in [5.74, 6) is 0.0531. The van der Waals surface area contributed by atoms with E-state index >= 15 is 0 Å². The van der Waals surface area contributed by atoms with Crippen LogP contribution in [0.15, 0.2) is 48.5 Å². The van der Waals surface area contributed by atoms with Crippen LogP contribution in [0.4, 0.5) is 10.5 Å². The van der Waals surface area contributed by atoms with Crippen LogP contribution in [0.2, 0.25) is 5.02 Å². The molecule has 0 bridgehead atoms. The number of ether oxygens (including phenoxy) is 1. The Morgan fingerprint density at radius 3 is 2.46 bits per heavy atom. The number of hydrogen-bond donors (Lipinski definition) is 1. The zero-order valence-electron chi connectivity index (χ0n) is 13.3. The molecule has 0 spiro atoms. The Bertz CT molecular complexity index is 776. The fraction of sp³-hybridized carbons (Fsp3) is 0.222. The van der Waals surface area contributed by atoms with Gasteiger partial charge in [0.1, 0.15) is 5.75 Å². The number of methoxy groups -OCH3 is 1. The topological polar surface area (TPSA) is 58.6 Å². The van der Waals surface area contributed by atoms with Gasteiger partial charge in [-0.2, -0.15) is 0 Å². The SMILES string of the molecule is COc1ccc(C2NC(=O)N(c3cccc(Cl)c3)C(=O)C2C)cc1. The molecule has 0 aliphatic carbocycles. The summed E-state index contributed by atoms with van der Waals surface area (Å²) in [7, 11) is 1.59. The van der Waals surface area contributed by atoms with E-state index < -0.39 is 11.9 Å². The van der Waals surface area contributed by atoms with E-state index in [1.54, 1.807) is 38.3 Å². The standard InChI is InChI=1S/C18H17ClN2O3/c1-11-16(12-6-8-15(24-2)9-7-12)20-18(23)21(17(11)22)14-5-3-4-13(19)10-14/h3-11,16H,1-2H3,(H,20,23). The van der Waals surface area contributed by atoms with Gasteiger partial charge in [-0.1, -0.05) is 36.7 Å². The van der Waals surface area contributed by atoms with E-state index in [4.69, 9.17) is 16.3 Å². The molecule has 1 fully saturated rings. The van der Waals surface area contributed by atoms with Gasteiger partial charge in [0.15, 0.2) is 0 Å². The van der Waals surface area contributed by atoms with Gasteiger partial charge < -0.3 is 10.1 Å². The summed E-state index contributed by atoms with van der Waals surface area (Å²) in [4.78, 5) is 26.4. The fourth-order valence-electron chi connectivity index (χ4n) is 2.81. The Morgan fingerprint density at radius 2 is 1.83 bits per heavy atom. The summed E-state index contributed by atoms with van der Waals surface area (Å²) in [6, 6.07) is 13.2. The fourth-order valence-corrected chi connectivity index (χ4v) is 3.00. The van der Waals surface area contributed by atoms with Gasteiger partial charge in [0, 0.05) is 5.02 Å². The van der Waals surface area contributed by atoms with E-state index in [2.05, 4.69) is 5.32 Å². The number of halogens is 1. The van der Waals surface area contributed by atoms with Crippen molar-refractivity contribution in [2.75, 3.05) is 12.0 Å². The molecule has 124 valence electrons. The lowest BCUT2D eigenvalue weighted by Crippen LogP contribution is -2.55. The zero-order valence-corrected chi connectivity index (χ0v) is 14.1. The number of benzene rings is 2. The lowest BCUT2D eigenvalue weighted by atomic mass is 9.91. The molecule has 0 radical (unpaired) electrons. The summed E-state index contributed by atoms with van der Waals surface area (Å²) < 4.78 is 5.14. The third kappa shape index (κ3) is 2.95. The molecule has 2 aromatic carbocycles. The highest BCUT2D eigenvalue weighted by Crippen LogP contribution is 2.32. The monoisotopic (exact) mass is 344 g/mol. The van der Waals surface area contributed by atoms with Crippen molar-refractivity contribution in [2.45, 2.75) is 13.0 Å². The van der Waals surface area contributed by atoms with Crippen LogP contribution in [0.1, 0.15) is 18.5 Å². The molecule has 3 amide bonds. The minimum Gasteiger partial charge on any atom is -0.497 e. The molecule has 2 atom stereocenters. The van der Waals surface area contributed by atoms with E-state index in [1.807, 2.05) is 24.3 Å². The van der Waals surface area contributed by atoms with Crippen molar-refractivity contribution < 1.29 is 14.3 Å². The summed E-state index contributed by atoms with van der Waals surface area (Å²) >= 11 is 5.97. The lowest BCUT2D eigenvalue weighted by Gasteiger charge is -2.36. The van der Waals surface area contributed by atoms with E-state index in [0.29, 0.717) is 10.7 Å². The summed E-state index contributed by atoms with van der Waals surface area (Å²) in [6.07, 6.45) is 0. The second kappa shape index (κ2) is 6.53. The van der Waals surface area contributed by atoms with E-state index in [0.717, 1.165) is 16.2 Å². The molecular weight excluding hydrogens is 328 g/mol. The van der Waals surface area contributed by atoms with Crippen LogP contribution in [0.25, 0.3) is 0 Å². The minimum atomic E-state index is -0.457. The van der Waals surface area contributed by atoms with Crippen molar-refractivity contribution >= 4 is 29.2 Å². The molecule has 2 unspecified atom stereocenters. The summed E-state index contributed by atoms with van der Waals surface area (Å²) in [6.45, 7) is 1.80. The van der Waals surface area contributed by atoms with E-state index in [-0.39, 0.29) is 11.9 Å². The van der Waals surface area contributed by atoms with Crippen LogP contribution in [0.5, 0.6) is 5.75 Å². The molecule has 2 aromatic rings. The van der Waals surface area contributed by atoms with Gasteiger partial charge in [-0.05, 0) is 35.9 Å². The first kappa shape index (κ1) is 16.3. The lowest BCUT2D eigenvalue weighted by molar-refractivity contribution is -0.122. The number of nitrogens with one attached hydrogen (secondary N) is 1. The maximum Gasteiger partial charge on any atom is 0.329 e. The number of amides is 3. The molecule has 1 aliphatic heterocycles. The van der Waals surface area contributed by atoms with Gasteiger partial charge in [-0.15, -0.1) is 0 Å². The average molecular weight is 345 g/mol. The molecule has 1 aliphatic rings. The first-order chi connectivity index (χ1) is 11.5. The first-order valence-electron chi connectivity index (χ1n) is 7.55. The van der Waals surface area contributed by atoms with Crippen molar-refractivity contribution in [1.29, 1.82) is 0 Å². The summed E-state index contributed by atoms with van der Waals surface area (Å²) in [5.41, 5.74) is 1.32. The van der Waals surface area contributed by atoms with Crippen molar-refractivity contribution in [3.63, 3.8) is 0 Å². The van der Waals surface area contributed by atoms with Gasteiger partial charge >= 0.3 is 6.03 Å². The number of carbonyl (C=O) groups is 2. The number of rotatable bonds is 3. The first-order valence-corrected chi connectivity index (χ1v) is 7.93. The van der Waals surface area contributed by atoms with Gasteiger partial charge in [0.25, 0.3) is 0 Å².